The molecule has 0 spiro atoms. The Morgan fingerprint density at radius 1 is 1.22 bits per heavy atom. The first-order chi connectivity index (χ1) is 13.0. The number of carbonyl (C=O) groups is 1. The number of carbonyl (C=O) groups excluding carboxylic acids is 1. The number of benzene rings is 1. The predicted molar refractivity (Wildman–Crippen MR) is 109 cm³/mol. The molecule has 142 valence electrons. The Bertz CT molecular complexity index is 900. The summed E-state index contributed by atoms with van der Waals surface area (Å²) in [4.78, 5) is 20.4. The van der Waals surface area contributed by atoms with Crippen LogP contribution in [0.1, 0.15) is 27.9 Å². The molecule has 1 amide bonds. The van der Waals surface area contributed by atoms with E-state index in [0.717, 1.165) is 11.1 Å². The van der Waals surface area contributed by atoms with Crippen LogP contribution in [0.3, 0.4) is 0 Å². The van der Waals surface area contributed by atoms with E-state index in [4.69, 9.17) is 4.42 Å². The van der Waals surface area contributed by atoms with Crippen molar-refractivity contribution in [1.29, 1.82) is 0 Å². The van der Waals surface area contributed by atoms with Crippen molar-refractivity contribution < 1.29 is 9.21 Å². The lowest BCUT2D eigenvalue weighted by Crippen LogP contribution is -2.35. The minimum absolute atomic E-state index is 0.0499. The largest absolute Gasteiger partial charge is 0.441 e. The van der Waals surface area contributed by atoms with Crippen molar-refractivity contribution in [2.24, 2.45) is 0 Å². The topological polar surface area (TPSA) is 58.4 Å². The van der Waals surface area contributed by atoms with Crippen LogP contribution in [0.2, 0.25) is 0 Å². The molecule has 6 heteroatoms. The van der Waals surface area contributed by atoms with Crippen molar-refractivity contribution in [3.05, 3.63) is 63.7 Å². The molecule has 1 unspecified atom stereocenters. The Morgan fingerprint density at radius 2 is 2.00 bits per heavy atom. The lowest BCUT2D eigenvalue weighted by atomic mass is 10.1. The molecule has 0 bridgehead atoms. The number of aromatic nitrogens is 1. The molecule has 0 aliphatic rings. The highest BCUT2D eigenvalue weighted by Gasteiger charge is 2.19. The Hall–Kier alpha value is -2.44. The van der Waals surface area contributed by atoms with Crippen molar-refractivity contribution in [1.82, 2.24) is 15.2 Å². The maximum atomic E-state index is 12.5. The molecule has 0 saturated heterocycles. The molecule has 0 saturated carbocycles. The minimum Gasteiger partial charge on any atom is -0.441 e. The quantitative estimate of drug-likeness (QED) is 0.670. The summed E-state index contributed by atoms with van der Waals surface area (Å²) in [7, 11) is 4.04. The van der Waals surface area contributed by atoms with Crippen LogP contribution in [0.5, 0.6) is 0 Å². The van der Waals surface area contributed by atoms with Gasteiger partial charge >= 0.3 is 0 Å². The van der Waals surface area contributed by atoms with Gasteiger partial charge < -0.3 is 14.6 Å². The number of hydrogen-bond acceptors (Lipinski definition) is 5. The van der Waals surface area contributed by atoms with Gasteiger partial charge in [-0.05, 0) is 51.0 Å². The van der Waals surface area contributed by atoms with Crippen LogP contribution < -0.4 is 5.32 Å². The molecule has 1 atom stereocenters. The lowest BCUT2D eigenvalue weighted by Gasteiger charge is -2.23. The second-order valence-electron chi connectivity index (χ2n) is 6.81. The van der Waals surface area contributed by atoms with E-state index in [2.05, 4.69) is 26.6 Å². The number of thiophene rings is 1. The molecule has 2 aromatic heterocycles. The third-order valence-electron chi connectivity index (χ3n) is 4.58. The average molecular weight is 384 g/mol. The number of oxazole rings is 1. The molecular weight excluding hydrogens is 358 g/mol. The molecule has 0 fully saturated rings. The summed E-state index contributed by atoms with van der Waals surface area (Å²) in [5.74, 6) is 1.20. The summed E-state index contributed by atoms with van der Waals surface area (Å²) in [6.07, 6.45) is 0.214. The van der Waals surface area contributed by atoms with Gasteiger partial charge in [0.15, 0.2) is 0 Å². The zero-order valence-electron chi connectivity index (χ0n) is 16.2. The molecule has 0 radical (unpaired) electrons. The third kappa shape index (κ3) is 4.64. The Morgan fingerprint density at radius 3 is 2.67 bits per heavy atom. The number of likely N-dealkylation sites (N-methyl/N-ethyl adjacent to an activating group) is 1. The molecule has 5 nitrogen and oxygen atoms in total. The van der Waals surface area contributed by atoms with Gasteiger partial charge in [0.05, 0.1) is 18.2 Å². The summed E-state index contributed by atoms with van der Waals surface area (Å²) in [5.41, 5.74) is 2.74. The van der Waals surface area contributed by atoms with Gasteiger partial charge in [0.1, 0.15) is 5.76 Å². The zero-order chi connectivity index (χ0) is 19.4. The van der Waals surface area contributed by atoms with Crippen molar-refractivity contribution in [3.63, 3.8) is 0 Å². The number of rotatable bonds is 7. The van der Waals surface area contributed by atoms with Crippen LogP contribution in [-0.4, -0.2) is 36.4 Å². The standard InChI is InChI=1S/C21H25N3O2S/c1-14-8-5-6-9-16(14)21-23-17(15(2)26-21)12-20(25)22-13-18(24(3)4)19-10-7-11-27-19/h5-11,18H,12-13H2,1-4H3,(H,22,25). The first-order valence-corrected chi connectivity index (χ1v) is 9.82. The number of nitrogens with zero attached hydrogens (tertiary/aromatic N) is 2. The van der Waals surface area contributed by atoms with E-state index in [0.29, 0.717) is 23.9 Å². The van der Waals surface area contributed by atoms with Gasteiger partial charge in [-0.3, -0.25) is 4.79 Å². The molecule has 0 aliphatic heterocycles. The fraction of sp³-hybridized carbons (Fsp3) is 0.333. The van der Waals surface area contributed by atoms with Gasteiger partial charge in [-0.1, -0.05) is 24.3 Å². The molecular formula is C21H25N3O2S. The van der Waals surface area contributed by atoms with E-state index in [1.54, 1.807) is 11.3 Å². The summed E-state index contributed by atoms with van der Waals surface area (Å²) in [5, 5.41) is 5.09. The van der Waals surface area contributed by atoms with Gasteiger partial charge in [-0.2, -0.15) is 0 Å². The van der Waals surface area contributed by atoms with E-state index in [-0.39, 0.29) is 18.4 Å². The smallest absolute Gasteiger partial charge is 0.226 e. The van der Waals surface area contributed by atoms with E-state index in [1.807, 2.05) is 58.3 Å². The fourth-order valence-corrected chi connectivity index (χ4v) is 3.89. The van der Waals surface area contributed by atoms with Crippen molar-refractivity contribution in [2.75, 3.05) is 20.6 Å². The number of amides is 1. The third-order valence-corrected chi connectivity index (χ3v) is 5.56. The normalized spacial score (nSPS) is 12.3. The molecule has 0 aliphatic carbocycles. The molecule has 3 aromatic rings. The lowest BCUT2D eigenvalue weighted by molar-refractivity contribution is -0.120. The van der Waals surface area contributed by atoms with Gasteiger partial charge in [-0.25, -0.2) is 4.98 Å². The molecule has 2 heterocycles. The first kappa shape index (κ1) is 19.3. The number of hydrogen-bond donors (Lipinski definition) is 1. The maximum absolute atomic E-state index is 12.5. The van der Waals surface area contributed by atoms with Gasteiger partial charge in [0.2, 0.25) is 11.8 Å². The van der Waals surface area contributed by atoms with E-state index in [1.165, 1.54) is 4.88 Å². The van der Waals surface area contributed by atoms with E-state index >= 15 is 0 Å². The SMILES string of the molecule is Cc1ccccc1-c1nc(CC(=O)NCC(c2cccs2)N(C)C)c(C)o1. The number of nitrogens with one attached hydrogen (secondary N) is 1. The summed E-state index contributed by atoms with van der Waals surface area (Å²) < 4.78 is 5.81. The number of aryl methyl sites for hydroxylation is 2. The van der Waals surface area contributed by atoms with Gasteiger partial charge in [0.25, 0.3) is 0 Å². The first-order valence-electron chi connectivity index (χ1n) is 8.94. The molecule has 3 rings (SSSR count). The van der Waals surface area contributed by atoms with Crippen LogP contribution in [-0.2, 0) is 11.2 Å². The fourth-order valence-electron chi connectivity index (χ4n) is 2.96. The highest BCUT2D eigenvalue weighted by molar-refractivity contribution is 7.10. The Balaban J connectivity index is 1.65. The monoisotopic (exact) mass is 383 g/mol. The molecule has 1 N–H and O–H groups in total. The summed E-state index contributed by atoms with van der Waals surface area (Å²) in [6.45, 7) is 4.44. The van der Waals surface area contributed by atoms with Gasteiger partial charge in [-0.15, -0.1) is 11.3 Å². The van der Waals surface area contributed by atoms with Crippen LogP contribution in [0.4, 0.5) is 0 Å². The van der Waals surface area contributed by atoms with E-state index < -0.39 is 0 Å². The Labute approximate surface area is 164 Å². The average Bonchev–Trinajstić information content (AvgIpc) is 3.26. The molecule has 1 aromatic carbocycles. The molecule has 27 heavy (non-hydrogen) atoms. The zero-order valence-corrected chi connectivity index (χ0v) is 17.0. The van der Waals surface area contributed by atoms with Crippen molar-refractivity contribution in [2.45, 2.75) is 26.3 Å². The van der Waals surface area contributed by atoms with Crippen LogP contribution in [0, 0.1) is 13.8 Å². The van der Waals surface area contributed by atoms with Crippen molar-refractivity contribution >= 4 is 17.2 Å². The predicted octanol–water partition coefficient (Wildman–Crippen LogP) is 3.98. The second-order valence-corrected chi connectivity index (χ2v) is 7.79. The second kappa shape index (κ2) is 8.50. The van der Waals surface area contributed by atoms with Crippen LogP contribution >= 0.6 is 11.3 Å². The van der Waals surface area contributed by atoms with Gasteiger partial charge in [0, 0.05) is 17.0 Å². The van der Waals surface area contributed by atoms with Crippen LogP contribution in [0.25, 0.3) is 11.5 Å². The summed E-state index contributed by atoms with van der Waals surface area (Å²) >= 11 is 1.70. The summed E-state index contributed by atoms with van der Waals surface area (Å²) in [6, 6.07) is 12.2. The highest BCUT2D eigenvalue weighted by Crippen LogP contribution is 2.25. The Kier molecular flexibility index (Phi) is 6.08. The highest BCUT2D eigenvalue weighted by atomic mass is 32.1. The van der Waals surface area contributed by atoms with Crippen LogP contribution in [0.15, 0.2) is 46.2 Å². The minimum atomic E-state index is -0.0499. The van der Waals surface area contributed by atoms with E-state index in [9.17, 15) is 4.79 Å². The van der Waals surface area contributed by atoms with Crippen molar-refractivity contribution in [3.8, 4) is 11.5 Å². The maximum Gasteiger partial charge on any atom is 0.226 e.